The molecule has 2 aromatic carbocycles. The predicted octanol–water partition coefficient (Wildman–Crippen LogP) is 6.57. The summed E-state index contributed by atoms with van der Waals surface area (Å²) in [5.74, 6) is -2.16. The van der Waals surface area contributed by atoms with Gasteiger partial charge in [-0.3, -0.25) is 4.79 Å². The third-order valence-corrected chi connectivity index (χ3v) is 6.17. The van der Waals surface area contributed by atoms with Crippen LogP contribution in [0, 0.1) is 6.92 Å². The maximum Gasteiger partial charge on any atom is 0.399 e. The third kappa shape index (κ3) is 6.31. The fraction of sp³-hybridized carbons (Fsp3) is 0.250. The standard InChI is InChI=1S/C20H18Br2ClF3N2O/c1-10-7-12(3-5-14(10)19(29)28-11(2)27)4-6-15(20(24,25)26)13-8-16(21)18(23)17(22)9-13/h3-9,11,15H,27H2,1-2H3,(H,28,29)/b6-4+/t11-,15?/m1/s1. The van der Waals surface area contributed by atoms with Gasteiger partial charge in [-0.1, -0.05) is 35.9 Å². The molecule has 0 aliphatic rings. The van der Waals surface area contributed by atoms with Crippen molar-refractivity contribution in [2.45, 2.75) is 32.1 Å². The number of rotatable bonds is 5. The molecule has 1 amide bonds. The van der Waals surface area contributed by atoms with Crippen LogP contribution in [-0.2, 0) is 0 Å². The first-order valence-corrected chi connectivity index (χ1v) is 10.4. The van der Waals surface area contributed by atoms with Gasteiger partial charge in [-0.15, -0.1) is 0 Å². The van der Waals surface area contributed by atoms with Gasteiger partial charge in [0, 0.05) is 14.5 Å². The van der Waals surface area contributed by atoms with Crippen LogP contribution in [0.5, 0.6) is 0 Å². The number of aryl methyl sites for hydroxylation is 1. The summed E-state index contributed by atoms with van der Waals surface area (Å²) in [7, 11) is 0. The Kier molecular flexibility index (Phi) is 7.95. The highest BCUT2D eigenvalue weighted by molar-refractivity contribution is 9.11. The summed E-state index contributed by atoms with van der Waals surface area (Å²) in [6.07, 6.45) is -2.53. The van der Waals surface area contributed by atoms with Gasteiger partial charge in [0.1, 0.15) is 0 Å². The smallest absolute Gasteiger partial charge is 0.337 e. The van der Waals surface area contributed by atoms with Crippen molar-refractivity contribution in [3.05, 3.63) is 72.6 Å². The summed E-state index contributed by atoms with van der Waals surface area (Å²) >= 11 is 12.3. The van der Waals surface area contributed by atoms with Crippen molar-refractivity contribution in [3.8, 4) is 0 Å². The van der Waals surface area contributed by atoms with Crippen LogP contribution >= 0.6 is 43.5 Å². The number of carbonyl (C=O) groups excluding carboxylic acids is 1. The molecule has 0 aliphatic carbocycles. The molecule has 0 aromatic heterocycles. The van der Waals surface area contributed by atoms with E-state index >= 15 is 0 Å². The number of amides is 1. The summed E-state index contributed by atoms with van der Waals surface area (Å²) in [6.45, 7) is 3.34. The summed E-state index contributed by atoms with van der Waals surface area (Å²) in [6, 6.07) is 7.49. The first-order valence-electron chi connectivity index (χ1n) is 8.46. The van der Waals surface area contributed by atoms with Crippen LogP contribution in [0.1, 0.15) is 39.9 Å². The molecule has 29 heavy (non-hydrogen) atoms. The number of halogens is 6. The number of alkyl halides is 3. The lowest BCUT2D eigenvalue weighted by atomic mass is 9.96. The fourth-order valence-electron chi connectivity index (χ4n) is 2.70. The molecule has 0 spiro atoms. The maximum atomic E-state index is 13.7. The Labute approximate surface area is 188 Å². The second-order valence-electron chi connectivity index (χ2n) is 6.51. The molecule has 0 heterocycles. The molecule has 0 radical (unpaired) electrons. The first kappa shape index (κ1) is 23.9. The first-order chi connectivity index (χ1) is 13.4. The summed E-state index contributed by atoms with van der Waals surface area (Å²) < 4.78 is 41.7. The summed E-state index contributed by atoms with van der Waals surface area (Å²) in [5, 5.41) is 2.88. The van der Waals surface area contributed by atoms with E-state index in [1.165, 1.54) is 18.2 Å². The number of benzene rings is 2. The zero-order valence-corrected chi connectivity index (χ0v) is 19.4. The monoisotopic (exact) mass is 552 g/mol. The van der Waals surface area contributed by atoms with Crippen LogP contribution < -0.4 is 11.1 Å². The van der Waals surface area contributed by atoms with E-state index in [2.05, 4.69) is 37.2 Å². The molecular weight excluding hydrogens is 536 g/mol. The van der Waals surface area contributed by atoms with E-state index < -0.39 is 18.3 Å². The van der Waals surface area contributed by atoms with Crippen LogP contribution in [-0.4, -0.2) is 18.2 Å². The van der Waals surface area contributed by atoms with Gasteiger partial charge >= 0.3 is 6.18 Å². The molecule has 2 atom stereocenters. The van der Waals surface area contributed by atoms with Crippen LogP contribution in [0.3, 0.4) is 0 Å². The number of allylic oxidation sites excluding steroid dienone is 1. The normalized spacial score (nSPS) is 14.1. The van der Waals surface area contributed by atoms with E-state index in [-0.39, 0.29) is 11.5 Å². The molecule has 1 unspecified atom stereocenters. The largest absolute Gasteiger partial charge is 0.399 e. The number of nitrogens with one attached hydrogen (secondary N) is 1. The molecule has 3 nitrogen and oxygen atoms in total. The maximum absolute atomic E-state index is 13.7. The molecule has 3 N–H and O–H groups in total. The minimum atomic E-state index is -4.49. The highest BCUT2D eigenvalue weighted by atomic mass is 79.9. The molecule has 2 rings (SSSR count). The van der Waals surface area contributed by atoms with Crippen LogP contribution in [0.2, 0.25) is 5.02 Å². The molecular formula is C20H18Br2ClF3N2O. The fourth-order valence-corrected chi connectivity index (χ4v) is 4.03. The van der Waals surface area contributed by atoms with Gasteiger partial charge in [0.2, 0.25) is 0 Å². The van der Waals surface area contributed by atoms with Crippen molar-refractivity contribution in [1.82, 2.24) is 5.32 Å². The van der Waals surface area contributed by atoms with E-state index in [4.69, 9.17) is 17.3 Å². The van der Waals surface area contributed by atoms with Crippen LogP contribution in [0.15, 0.2) is 45.4 Å². The highest BCUT2D eigenvalue weighted by Crippen LogP contribution is 2.41. The SMILES string of the molecule is Cc1cc(/C=C/C(c2cc(Br)c(Cl)c(Br)c2)C(F)(F)F)ccc1C(=O)N[C@H](C)N. The van der Waals surface area contributed by atoms with Gasteiger partial charge < -0.3 is 11.1 Å². The Balaban J connectivity index is 2.35. The molecule has 0 aliphatic heterocycles. The molecule has 0 saturated heterocycles. The second kappa shape index (κ2) is 9.64. The minimum Gasteiger partial charge on any atom is -0.337 e. The Morgan fingerprint density at radius 1 is 1.21 bits per heavy atom. The van der Waals surface area contributed by atoms with Crippen molar-refractivity contribution in [2.24, 2.45) is 5.73 Å². The Hall–Kier alpha value is -1.35. The number of carbonyl (C=O) groups is 1. The van der Waals surface area contributed by atoms with Crippen molar-refractivity contribution < 1.29 is 18.0 Å². The Morgan fingerprint density at radius 2 is 1.79 bits per heavy atom. The lowest BCUT2D eigenvalue weighted by molar-refractivity contribution is -0.139. The van der Waals surface area contributed by atoms with E-state index in [1.54, 1.807) is 32.0 Å². The van der Waals surface area contributed by atoms with E-state index in [9.17, 15) is 18.0 Å². The van der Waals surface area contributed by atoms with Crippen molar-refractivity contribution in [2.75, 3.05) is 0 Å². The van der Waals surface area contributed by atoms with Crippen LogP contribution in [0.25, 0.3) is 6.08 Å². The third-order valence-electron chi connectivity index (χ3n) is 4.05. The predicted molar refractivity (Wildman–Crippen MR) is 117 cm³/mol. The lowest BCUT2D eigenvalue weighted by Crippen LogP contribution is -2.39. The zero-order valence-electron chi connectivity index (χ0n) is 15.4. The zero-order chi connectivity index (χ0) is 21.9. The van der Waals surface area contributed by atoms with Crippen LogP contribution in [0.4, 0.5) is 13.2 Å². The van der Waals surface area contributed by atoms with E-state index in [1.807, 2.05) is 0 Å². The Morgan fingerprint density at radius 3 is 2.28 bits per heavy atom. The second-order valence-corrected chi connectivity index (χ2v) is 8.60. The van der Waals surface area contributed by atoms with Crippen molar-refractivity contribution in [1.29, 1.82) is 0 Å². The van der Waals surface area contributed by atoms with Gasteiger partial charge in [0.05, 0.1) is 17.1 Å². The van der Waals surface area contributed by atoms with Crippen molar-refractivity contribution in [3.63, 3.8) is 0 Å². The van der Waals surface area contributed by atoms with Gasteiger partial charge in [-0.25, -0.2) is 0 Å². The molecule has 0 bridgehead atoms. The number of nitrogens with two attached hydrogens (primary N) is 1. The Bertz CT molecular complexity index is 923. The van der Waals surface area contributed by atoms with Crippen molar-refractivity contribution >= 4 is 55.4 Å². The van der Waals surface area contributed by atoms with Gasteiger partial charge in [0.15, 0.2) is 0 Å². The van der Waals surface area contributed by atoms with Gasteiger partial charge in [0.25, 0.3) is 5.91 Å². The molecule has 156 valence electrons. The van der Waals surface area contributed by atoms with Gasteiger partial charge in [-0.05, 0) is 80.6 Å². The average molecular weight is 555 g/mol. The molecule has 2 aromatic rings. The van der Waals surface area contributed by atoms with E-state index in [0.717, 1.165) is 6.08 Å². The number of hydrogen-bond donors (Lipinski definition) is 2. The molecule has 9 heteroatoms. The topological polar surface area (TPSA) is 55.1 Å². The quantitative estimate of drug-likeness (QED) is 0.325. The number of hydrogen-bond acceptors (Lipinski definition) is 2. The minimum absolute atomic E-state index is 0.0431. The van der Waals surface area contributed by atoms with Gasteiger partial charge in [-0.2, -0.15) is 13.2 Å². The lowest BCUT2D eigenvalue weighted by Gasteiger charge is -2.18. The molecule has 0 saturated carbocycles. The highest BCUT2D eigenvalue weighted by Gasteiger charge is 2.39. The summed E-state index contributed by atoms with van der Waals surface area (Å²) in [5.41, 5.74) is 7.18. The summed E-state index contributed by atoms with van der Waals surface area (Å²) in [4.78, 5) is 12.1. The average Bonchev–Trinajstić information content (AvgIpc) is 2.57. The van der Waals surface area contributed by atoms with E-state index in [0.29, 0.717) is 30.7 Å². The molecule has 0 fully saturated rings.